The Hall–Kier alpha value is -0.610. The van der Waals surface area contributed by atoms with Crippen molar-refractivity contribution in [2.24, 2.45) is 5.92 Å². The van der Waals surface area contributed by atoms with E-state index < -0.39 is 0 Å². The van der Waals surface area contributed by atoms with Crippen molar-refractivity contribution >= 4 is 5.97 Å². The van der Waals surface area contributed by atoms with Gasteiger partial charge < -0.3 is 10.1 Å². The molecule has 0 spiro atoms. The highest BCUT2D eigenvalue weighted by atomic mass is 16.5. The van der Waals surface area contributed by atoms with Crippen LogP contribution in [0.4, 0.5) is 0 Å². The number of hydrogen-bond donors (Lipinski definition) is 1. The predicted octanol–water partition coefficient (Wildman–Crippen LogP) is 1.65. The molecule has 1 fully saturated rings. The van der Waals surface area contributed by atoms with E-state index in [-0.39, 0.29) is 12.0 Å². The monoisotopic (exact) mass is 256 g/mol. The minimum atomic E-state index is -0.186. The number of ether oxygens (including phenoxy) is 1. The van der Waals surface area contributed by atoms with Crippen molar-refractivity contribution in [1.29, 1.82) is 0 Å². The molecule has 1 aliphatic rings. The predicted molar refractivity (Wildman–Crippen MR) is 73.5 cm³/mol. The molecule has 0 heterocycles. The van der Waals surface area contributed by atoms with Crippen LogP contribution in [0.25, 0.3) is 0 Å². The lowest BCUT2D eigenvalue weighted by Crippen LogP contribution is -2.48. The summed E-state index contributed by atoms with van der Waals surface area (Å²) in [5.74, 6) is 0.493. The van der Waals surface area contributed by atoms with E-state index in [9.17, 15) is 4.79 Å². The van der Waals surface area contributed by atoms with Gasteiger partial charge in [-0.15, -0.1) is 0 Å². The van der Waals surface area contributed by atoms with Gasteiger partial charge in [0.2, 0.25) is 0 Å². The van der Waals surface area contributed by atoms with E-state index in [1.165, 1.54) is 20.0 Å². The van der Waals surface area contributed by atoms with Crippen LogP contribution in [-0.4, -0.2) is 49.7 Å². The highest BCUT2D eigenvalue weighted by Crippen LogP contribution is 2.27. The third-order valence-corrected chi connectivity index (χ3v) is 3.21. The fourth-order valence-corrected chi connectivity index (χ4v) is 2.20. The highest BCUT2D eigenvalue weighted by molar-refractivity contribution is 5.75. The van der Waals surface area contributed by atoms with Gasteiger partial charge in [0.25, 0.3) is 0 Å². The van der Waals surface area contributed by atoms with E-state index in [1.54, 1.807) is 0 Å². The van der Waals surface area contributed by atoms with Crippen LogP contribution < -0.4 is 5.32 Å². The largest absolute Gasteiger partial charge is 0.468 e. The molecule has 0 radical (unpaired) electrons. The second kappa shape index (κ2) is 7.74. The fourth-order valence-electron chi connectivity index (χ4n) is 2.20. The van der Waals surface area contributed by atoms with Gasteiger partial charge >= 0.3 is 5.97 Å². The van der Waals surface area contributed by atoms with Gasteiger partial charge in [-0.1, -0.05) is 20.8 Å². The molecule has 0 aliphatic heterocycles. The van der Waals surface area contributed by atoms with Gasteiger partial charge in [0.1, 0.15) is 6.04 Å². The summed E-state index contributed by atoms with van der Waals surface area (Å²) in [6.45, 7) is 9.25. The van der Waals surface area contributed by atoms with Crippen LogP contribution in [0, 0.1) is 5.92 Å². The number of rotatable bonds is 9. The number of nitrogens with zero attached hydrogens (tertiary/aromatic N) is 1. The van der Waals surface area contributed by atoms with Crippen LogP contribution in [-0.2, 0) is 9.53 Å². The van der Waals surface area contributed by atoms with Gasteiger partial charge in [0.15, 0.2) is 0 Å². The van der Waals surface area contributed by atoms with Crippen molar-refractivity contribution in [3.05, 3.63) is 0 Å². The standard InChI is InChI=1S/C14H28N2O2/c1-5-8-15-13(14(17)18-4)10-16(9-11(2)3)12-6-7-12/h11-13,15H,5-10H2,1-4H3. The van der Waals surface area contributed by atoms with Crippen LogP contribution in [0.15, 0.2) is 0 Å². The molecule has 106 valence electrons. The van der Waals surface area contributed by atoms with E-state index in [0.29, 0.717) is 12.0 Å². The lowest BCUT2D eigenvalue weighted by Gasteiger charge is -2.28. The third-order valence-electron chi connectivity index (χ3n) is 3.21. The summed E-state index contributed by atoms with van der Waals surface area (Å²) in [7, 11) is 1.47. The van der Waals surface area contributed by atoms with Gasteiger partial charge in [-0.2, -0.15) is 0 Å². The summed E-state index contributed by atoms with van der Waals surface area (Å²) in [5, 5.41) is 3.29. The Balaban J connectivity index is 2.51. The average molecular weight is 256 g/mol. The second-order valence-corrected chi connectivity index (χ2v) is 5.61. The molecule has 4 heteroatoms. The van der Waals surface area contributed by atoms with Crippen LogP contribution >= 0.6 is 0 Å². The summed E-state index contributed by atoms with van der Waals surface area (Å²) in [4.78, 5) is 14.2. The molecule has 1 unspecified atom stereocenters. The van der Waals surface area contributed by atoms with Crippen molar-refractivity contribution in [1.82, 2.24) is 10.2 Å². The summed E-state index contributed by atoms with van der Waals surface area (Å²) in [6.07, 6.45) is 3.57. The zero-order chi connectivity index (χ0) is 13.5. The molecular weight excluding hydrogens is 228 g/mol. The minimum absolute atomic E-state index is 0.141. The summed E-state index contributed by atoms with van der Waals surface area (Å²) < 4.78 is 4.89. The van der Waals surface area contributed by atoms with E-state index in [2.05, 4.69) is 31.0 Å². The SMILES string of the molecule is CCCNC(CN(CC(C)C)C1CC1)C(=O)OC. The Morgan fingerprint density at radius 3 is 2.50 bits per heavy atom. The molecule has 1 aliphatic carbocycles. The second-order valence-electron chi connectivity index (χ2n) is 5.61. The molecule has 1 N–H and O–H groups in total. The molecular formula is C14H28N2O2. The quantitative estimate of drug-likeness (QED) is 0.637. The molecule has 1 saturated carbocycles. The van der Waals surface area contributed by atoms with E-state index >= 15 is 0 Å². The Kier molecular flexibility index (Phi) is 6.65. The fraction of sp³-hybridized carbons (Fsp3) is 0.929. The van der Waals surface area contributed by atoms with Crippen LogP contribution in [0.5, 0.6) is 0 Å². The maximum Gasteiger partial charge on any atom is 0.324 e. The number of esters is 1. The highest BCUT2D eigenvalue weighted by Gasteiger charge is 2.32. The molecule has 1 rings (SSSR count). The van der Waals surface area contributed by atoms with E-state index in [0.717, 1.165) is 26.1 Å². The summed E-state index contributed by atoms with van der Waals surface area (Å²) in [5.41, 5.74) is 0. The first kappa shape index (κ1) is 15.4. The van der Waals surface area contributed by atoms with Crippen molar-refractivity contribution in [2.75, 3.05) is 26.7 Å². The zero-order valence-corrected chi connectivity index (χ0v) is 12.2. The lowest BCUT2D eigenvalue weighted by molar-refractivity contribution is -0.143. The number of hydrogen-bond acceptors (Lipinski definition) is 4. The molecule has 0 bridgehead atoms. The average Bonchev–Trinajstić information content (AvgIpc) is 3.15. The van der Waals surface area contributed by atoms with Gasteiger partial charge in [0.05, 0.1) is 7.11 Å². The first-order valence-corrected chi connectivity index (χ1v) is 7.13. The molecule has 4 nitrogen and oxygen atoms in total. The minimum Gasteiger partial charge on any atom is -0.468 e. The molecule has 0 aromatic heterocycles. The first-order chi connectivity index (χ1) is 8.58. The zero-order valence-electron chi connectivity index (χ0n) is 12.2. The molecule has 0 saturated heterocycles. The van der Waals surface area contributed by atoms with E-state index in [4.69, 9.17) is 4.74 Å². The molecule has 18 heavy (non-hydrogen) atoms. The van der Waals surface area contributed by atoms with Gasteiger partial charge in [-0.3, -0.25) is 9.69 Å². The normalized spacial score (nSPS) is 17.2. The van der Waals surface area contributed by atoms with Crippen LogP contribution in [0.3, 0.4) is 0 Å². The lowest BCUT2D eigenvalue weighted by atomic mass is 10.1. The van der Waals surface area contributed by atoms with Crippen molar-refractivity contribution in [3.63, 3.8) is 0 Å². The van der Waals surface area contributed by atoms with Crippen molar-refractivity contribution in [2.45, 2.75) is 52.1 Å². The van der Waals surface area contributed by atoms with Gasteiger partial charge in [0, 0.05) is 19.1 Å². The van der Waals surface area contributed by atoms with Crippen molar-refractivity contribution in [3.8, 4) is 0 Å². The number of carbonyl (C=O) groups is 1. The maximum absolute atomic E-state index is 11.8. The van der Waals surface area contributed by atoms with Crippen molar-refractivity contribution < 1.29 is 9.53 Å². The number of methoxy groups -OCH3 is 1. The topological polar surface area (TPSA) is 41.6 Å². The molecule has 1 atom stereocenters. The van der Waals surface area contributed by atoms with Crippen LogP contribution in [0.1, 0.15) is 40.0 Å². The van der Waals surface area contributed by atoms with E-state index in [1.807, 2.05) is 0 Å². The van der Waals surface area contributed by atoms with Gasteiger partial charge in [-0.25, -0.2) is 0 Å². The smallest absolute Gasteiger partial charge is 0.324 e. The van der Waals surface area contributed by atoms with Crippen LogP contribution in [0.2, 0.25) is 0 Å². The molecule has 0 aromatic rings. The molecule has 0 aromatic carbocycles. The Bertz CT molecular complexity index is 252. The molecule has 0 amide bonds. The Morgan fingerprint density at radius 1 is 1.39 bits per heavy atom. The van der Waals surface area contributed by atoms with Gasteiger partial charge in [-0.05, 0) is 31.7 Å². The summed E-state index contributed by atoms with van der Waals surface area (Å²) in [6, 6.07) is 0.497. The number of carbonyl (C=O) groups excluding carboxylic acids is 1. The maximum atomic E-state index is 11.8. The Labute approximate surface area is 111 Å². The third kappa shape index (κ3) is 5.36. The number of nitrogens with one attached hydrogen (secondary N) is 1. The Morgan fingerprint density at radius 2 is 2.06 bits per heavy atom. The first-order valence-electron chi connectivity index (χ1n) is 7.13. The summed E-state index contributed by atoms with van der Waals surface area (Å²) >= 11 is 0.